The molecule has 0 amide bonds. The van der Waals surface area contributed by atoms with Crippen molar-refractivity contribution in [2.75, 3.05) is 12.5 Å². The quantitative estimate of drug-likeness (QED) is 0.724. The number of halogens is 3. The molecule has 1 aromatic carbocycles. The van der Waals surface area contributed by atoms with Crippen LogP contribution in [0.3, 0.4) is 0 Å². The van der Waals surface area contributed by atoms with E-state index in [1.54, 1.807) is 12.1 Å². The molecule has 2 unspecified atom stereocenters. The first kappa shape index (κ1) is 11.2. The summed E-state index contributed by atoms with van der Waals surface area (Å²) in [4.78, 5) is 0. The van der Waals surface area contributed by atoms with E-state index < -0.39 is 0 Å². The van der Waals surface area contributed by atoms with Crippen LogP contribution in [0, 0.1) is 11.7 Å². The average molecular weight is 249 g/mol. The van der Waals surface area contributed by atoms with Crippen LogP contribution < -0.4 is 0 Å². The third kappa shape index (κ3) is 2.12. The van der Waals surface area contributed by atoms with E-state index in [2.05, 4.69) is 0 Å². The first-order valence-corrected chi connectivity index (χ1v) is 5.76. The zero-order valence-corrected chi connectivity index (χ0v) is 9.56. The van der Waals surface area contributed by atoms with Crippen molar-refractivity contribution in [2.45, 2.75) is 12.5 Å². The minimum absolute atomic E-state index is 0.135. The van der Waals surface area contributed by atoms with Gasteiger partial charge in [-0.2, -0.15) is 0 Å². The van der Waals surface area contributed by atoms with Crippen molar-refractivity contribution < 1.29 is 9.13 Å². The number of ether oxygens (including phenoxy) is 1. The highest BCUT2D eigenvalue weighted by Crippen LogP contribution is 2.37. The molecule has 0 aliphatic carbocycles. The molecule has 82 valence electrons. The summed E-state index contributed by atoms with van der Waals surface area (Å²) in [6.45, 7) is 0.633. The topological polar surface area (TPSA) is 9.23 Å². The Morgan fingerprint density at radius 3 is 3.00 bits per heavy atom. The molecule has 0 radical (unpaired) electrons. The molecule has 0 bridgehead atoms. The lowest BCUT2D eigenvalue weighted by Crippen LogP contribution is -2.10. The molecule has 1 aliphatic rings. The van der Waals surface area contributed by atoms with Crippen molar-refractivity contribution in [1.29, 1.82) is 0 Å². The van der Waals surface area contributed by atoms with Crippen molar-refractivity contribution in [3.8, 4) is 0 Å². The van der Waals surface area contributed by atoms with Crippen molar-refractivity contribution in [3.05, 3.63) is 34.6 Å². The maximum atomic E-state index is 13.7. The monoisotopic (exact) mass is 248 g/mol. The molecule has 15 heavy (non-hydrogen) atoms. The van der Waals surface area contributed by atoms with Crippen LogP contribution in [0.15, 0.2) is 18.2 Å². The standard InChI is InChI=1S/C11H11Cl2FO/c12-6-7-4-5-15-11(7)8-2-1-3-9(13)10(8)14/h1-3,7,11H,4-6H2. The Bertz CT molecular complexity index is 356. The summed E-state index contributed by atoms with van der Waals surface area (Å²) in [6.07, 6.45) is 0.626. The van der Waals surface area contributed by atoms with Crippen molar-refractivity contribution in [2.24, 2.45) is 5.92 Å². The predicted octanol–water partition coefficient (Wildman–Crippen LogP) is 3.80. The van der Waals surface area contributed by atoms with E-state index in [-0.39, 0.29) is 22.9 Å². The fourth-order valence-corrected chi connectivity index (χ4v) is 2.37. The molecule has 0 N–H and O–H groups in total. The Morgan fingerprint density at radius 1 is 1.47 bits per heavy atom. The average Bonchev–Trinajstić information content (AvgIpc) is 2.70. The van der Waals surface area contributed by atoms with Crippen molar-refractivity contribution in [3.63, 3.8) is 0 Å². The zero-order chi connectivity index (χ0) is 10.8. The molecule has 1 aliphatic heterocycles. The largest absolute Gasteiger partial charge is 0.373 e. The summed E-state index contributed by atoms with van der Waals surface area (Å²) in [6, 6.07) is 4.97. The Kier molecular flexibility index (Phi) is 3.49. The van der Waals surface area contributed by atoms with E-state index in [0.29, 0.717) is 18.1 Å². The van der Waals surface area contributed by atoms with E-state index in [1.807, 2.05) is 0 Å². The fraction of sp³-hybridized carbons (Fsp3) is 0.455. The van der Waals surface area contributed by atoms with Gasteiger partial charge in [-0.25, -0.2) is 4.39 Å². The molecular formula is C11H11Cl2FO. The summed E-state index contributed by atoms with van der Waals surface area (Å²) < 4.78 is 19.2. The van der Waals surface area contributed by atoms with Crippen LogP contribution >= 0.6 is 23.2 Å². The lowest BCUT2D eigenvalue weighted by molar-refractivity contribution is 0.0921. The van der Waals surface area contributed by atoms with Gasteiger partial charge >= 0.3 is 0 Å². The van der Waals surface area contributed by atoms with E-state index in [9.17, 15) is 4.39 Å². The smallest absolute Gasteiger partial charge is 0.147 e. The number of alkyl halides is 1. The first-order valence-electron chi connectivity index (χ1n) is 4.85. The molecule has 1 nitrogen and oxygen atoms in total. The van der Waals surface area contributed by atoms with Crippen LogP contribution in [0.5, 0.6) is 0 Å². The van der Waals surface area contributed by atoms with Gasteiger partial charge in [-0.15, -0.1) is 11.6 Å². The van der Waals surface area contributed by atoms with Gasteiger partial charge in [0.05, 0.1) is 11.1 Å². The Hall–Kier alpha value is -0.310. The molecule has 0 saturated carbocycles. The van der Waals surface area contributed by atoms with Gasteiger partial charge < -0.3 is 4.74 Å². The summed E-state index contributed by atoms with van der Waals surface area (Å²) in [5, 5.41) is 0.135. The van der Waals surface area contributed by atoms with E-state index in [4.69, 9.17) is 27.9 Å². The Balaban J connectivity index is 2.32. The highest BCUT2D eigenvalue weighted by Gasteiger charge is 2.31. The SMILES string of the molecule is Fc1c(Cl)cccc1C1OCCC1CCl. The van der Waals surface area contributed by atoms with Gasteiger partial charge in [-0.1, -0.05) is 23.7 Å². The van der Waals surface area contributed by atoms with Gasteiger partial charge in [0.1, 0.15) is 5.82 Å². The number of hydrogen-bond acceptors (Lipinski definition) is 1. The summed E-state index contributed by atoms with van der Waals surface area (Å²) in [5.74, 6) is 0.275. The maximum Gasteiger partial charge on any atom is 0.147 e. The Morgan fingerprint density at radius 2 is 2.27 bits per heavy atom. The molecular weight excluding hydrogens is 238 g/mol. The van der Waals surface area contributed by atoms with Crippen molar-refractivity contribution in [1.82, 2.24) is 0 Å². The minimum atomic E-state index is -0.388. The molecule has 4 heteroatoms. The molecule has 1 aromatic rings. The van der Waals surface area contributed by atoms with Crippen LogP contribution in [-0.4, -0.2) is 12.5 Å². The van der Waals surface area contributed by atoms with Gasteiger partial charge in [0.25, 0.3) is 0 Å². The second-order valence-electron chi connectivity index (χ2n) is 3.64. The highest BCUT2D eigenvalue weighted by atomic mass is 35.5. The number of rotatable bonds is 2. The second kappa shape index (κ2) is 4.69. The molecule has 0 aromatic heterocycles. The van der Waals surface area contributed by atoms with Gasteiger partial charge in [0.2, 0.25) is 0 Å². The summed E-state index contributed by atoms with van der Waals surface area (Å²) >= 11 is 11.5. The van der Waals surface area contributed by atoms with Crippen LogP contribution in [0.1, 0.15) is 18.1 Å². The third-order valence-electron chi connectivity index (χ3n) is 2.70. The van der Waals surface area contributed by atoms with Crippen LogP contribution in [0.2, 0.25) is 5.02 Å². The van der Waals surface area contributed by atoms with Gasteiger partial charge in [0.15, 0.2) is 0 Å². The molecule has 1 fully saturated rings. The van der Waals surface area contributed by atoms with E-state index >= 15 is 0 Å². The summed E-state index contributed by atoms with van der Waals surface area (Å²) in [5.41, 5.74) is 0.519. The van der Waals surface area contributed by atoms with Crippen LogP contribution in [0.25, 0.3) is 0 Å². The Labute approximate surface area is 98.1 Å². The highest BCUT2D eigenvalue weighted by molar-refractivity contribution is 6.30. The maximum absolute atomic E-state index is 13.7. The van der Waals surface area contributed by atoms with Crippen molar-refractivity contribution >= 4 is 23.2 Å². The van der Waals surface area contributed by atoms with Gasteiger partial charge in [-0.05, 0) is 12.5 Å². The van der Waals surface area contributed by atoms with Gasteiger partial charge in [0, 0.05) is 24.0 Å². The minimum Gasteiger partial charge on any atom is -0.373 e. The van der Waals surface area contributed by atoms with Crippen LogP contribution in [-0.2, 0) is 4.74 Å². The fourth-order valence-electron chi connectivity index (χ4n) is 1.88. The summed E-state index contributed by atoms with van der Waals surface area (Å²) in [7, 11) is 0. The lowest BCUT2D eigenvalue weighted by atomic mass is 9.97. The van der Waals surface area contributed by atoms with E-state index in [1.165, 1.54) is 6.07 Å². The number of hydrogen-bond donors (Lipinski definition) is 0. The predicted molar refractivity (Wildman–Crippen MR) is 58.9 cm³/mol. The van der Waals surface area contributed by atoms with E-state index in [0.717, 1.165) is 6.42 Å². The third-order valence-corrected chi connectivity index (χ3v) is 3.39. The number of benzene rings is 1. The molecule has 2 rings (SSSR count). The second-order valence-corrected chi connectivity index (χ2v) is 4.35. The molecule has 1 saturated heterocycles. The lowest BCUT2D eigenvalue weighted by Gasteiger charge is -2.17. The van der Waals surface area contributed by atoms with Crippen LogP contribution in [0.4, 0.5) is 4.39 Å². The molecule has 1 heterocycles. The zero-order valence-electron chi connectivity index (χ0n) is 8.05. The normalized spacial score (nSPS) is 25.8. The van der Waals surface area contributed by atoms with Gasteiger partial charge in [-0.3, -0.25) is 0 Å². The first-order chi connectivity index (χ1) is 7.24. The molecule has 2 atom stereocenters. The molecule has 0 spiro atoms.